The van der Waals surface area contributed by atoms with Crippen LogP contribution in [-0.4, -0.2) is 31.1 Å². The van der Waals surface area contributed by atoms with Crippen molar-refractivity contribution in [3.8, 4) is 0 Å². The molecule has 2 aliphatic rings. The zero-order chi connectivity index (χ0) is 14.2. The second-order valence-electron chi connectivity index (χ2n) is 6.09. The fourth-order valence-electron chi connectivity index (χ4n) is 3.45. The van der Waals surface area contributed by atoms with E-state index < -0.39 is 0 Å². The topological polar surface area (TPSA) is 49.6 Å². The molecule has 2 fully saturated rings. The first-order chi connectivity index (χ1) is 9.62. The molecule has 1 aromatic carbocycles. The molecule has 108 valence electrons. The maximum absolute atomic E-state index is 12.3. The molecule has 0 bridgehead atoms. The molecule has 0 radical (unpaired) electrons. The van der Waals surface area contributed by atoms with Gasteiger partial charge in [-0.15, -0.1) is 0 Å². The van der Waals surface area contributed by atoms with Crippen molar-refractivity contribution in [3.05, 3.63) is 29.8 Å². The first-order valence-electron chi connectivity index (χ1n) is 7.53. The number of benzene rings is 1. The highest BCUT2D eigenvalue weighted by Gasteiger charge is 2.35. The maximum atomic E-state index is 12.3. The monoisotopic (exact) mass is 273 g/mol. The van der Waals surface area contributed by atoms with Crippen molar-refractivity contribution in [2.24, 2.45) is 5.73 Å². The molecular formula is C16H23N3O. The Balaban J connectivity index is 1.98. The largest absolute Gasteiger partial charge is 0.326 e. The third kappa shape index (κ3) is 2.18. The zero-order valence-corrected chi connectivity index (χ0v) is 12.1. The van der Waals surface area contributed by atoms with Gasteiger partial charge in [-0.2, -0.15) is 0 Å². The normalized spacial score (nSPS) is 22.4. The van der Waals surface area contributed by atoms with Crippen LogP contribution in [0.15, 0.2) is 24.3 Å². The van der Waals surface area contributed by atoms with Gasteiger partial charge >= 0.3 is 6.03 Å². The minimum absolute atomic E-state index is 0.0804. The molecule has 1 aliphatic carbocycles. The minimum Gasteiger partial charge on any atom is -0.326 e. The van der Waals surface area contributed by atoms with Crippen LogP contribution < -0.4 is 10.6 Å². The molecule has 2 N–H and O–H groups in total. The van der Waals surface area contributed by atoms with Crippen molar-refractivity contribution < 1.29 is 4.79 Å². The van der Waals surface area contributed by atoms with E-state index in [-0.39, 0.29) is 11.6 Å². The molecular weight excluding hydrogens is 250 g/mol. The molecule has 1 saturated carbocycles. The lowest BCUT2D eigenvalue weighted by Crippen LogP contribution is -2.41. The zero-order valence-electron chi connectivity index (χ0n) is 12.1. The van der Waals surface area contributed by atoms with Crippen LogP contribution in [0.3, 0.4) is 0 Å². The molecule has 1 aromatic rings. The summed E-state index contributed by atoms with van der Waals surface area (Å²) in [6.07, 6.45) is 5.66. The van der Waals surface area contributed by atoms with Gasteiger partial charge in [-0.3, -0.25) is 4.90 Å². The van der Waals surface area contributed by atoms with E-state index in [1.807, 2.05) is 30.1 Å². The Bertz CT molecular complexity index is 508. The third-order valence-electron chi connectivity index (χ3n) is 4.69. The molecule has 2 amide bonds. The third-order valence-corrected chi connectivity index (χ3v) is 4.69. The Morgan fingerprint density at radius 2 is 1.80 bits per heavy atom. The lowest BCUT2D eigenvalue weighted by Gasteiger charge is -2.36. The Hall–Kier alpha value is -1.55. The van der Waals surface area contributed by atoms with E-state index in [0.717, 1.165) is 37.2 Å². The molecule has 3 rings (SSSR count). The number of amides is 2. The highest BCUT2D eigenvalue weighted by Crippen LogP contribution is 2.40. The van der Waals surface area contributed by atoms with Gasteiger partial charge < -0.3 is 10.6 Å². The van der Waals surface area contributed by atoms with E-state index in [9.17, 15) is 4.79 Å². The van der Waals surface area contributed by atoms with Gasteiger partial charge in [0, 0.05) is 25.7 Å². The second-order valence-corrected chi connectivity index (χ2v) is 6.09. The van der Waals surface area contributed by atoms with Crippen LogP contribution in [0.25, 0.3) is 0 Å². The van der Waals surface area contributed by atoms with Crippen LogP contribution in [-0.2, 0) is 5.54 Å². The van der Waals surface area contributed by atoms with E-state index >= 15 is 0 Å². The summed E-state index contributed by atoms with van der Waals surface area (Å²) in [5, 5.41) is 0. The van der Waals surface area contributed by atoms with Crippen LogP contribution in [0.2, 0.25) is 0 Å². The minimum atomic E-state index is -0.268. The highest BCUT2D eigenvalue weighted by molar-refractivity contribution is 5.94. The number of urea groups is 1. The van der Waals surface area contributed by atoms with E-state index in [0.29, 0.717) is 0 Å². The number of carbonyl (C=O) groups excluding carboxylic acids is 1. The van der Waals surface area contributed by atoms with Crippen LogP contribution in [0.4, 0.5) is 10.5 Å². The number of anilines is 1. The summed E-state index contributed by atoms with van der Waals surface area (Å²) in [5.74, 6) is 0. The van der Waals surface area contributed by atoms with Crippen LogP contribution in [0.5, 0.6) is 0 Å². The van der Waals surface area contributed by atoms with Crippen molar-refractivity contribution >= 4 is 11.7 Å². The molecule has 0 atom stereocenters. The Morgan fingerprint density at radius 1 is 1.10 bits per heavy atom. The first-order valence-corrected chi connectivity index (χ1v) is 7.53. The average molecular weight is 273 g/mol. The fourth-order valence-corrected chi connectivity index (χ4v) is 3.45. The molecule has 0 spiro atoms. The van der Waals surface area contributed by atoms with Gasteiger partial charge in [0.1, 0.15) is 0 Å². The van der Waals surface area contributed by atoms with Crippen molar-refractivity contribution in [1.82, 2.24) is 4.90 Å². The lowest BCUT2D eigenvalue weighted by molar-refractivity contribution is 0.229. The number of para-hydroxylation sites is 1. The average Bonchev–Trinajstić information content (AvgIpc) is 2.80. The quantitative estimate of drug-likeness (QED) is 0.900. The van der Waals surface area contributed by atoms with Gasteiger partial charge in [-0.05, 0) is 24.5 Å². The number of nitrogens with two attached hydrogens (primary N) is 1. The number of likely N-dealkylation sites (N-methyl/N-ethyl adjacent to an activating group) is 1. The van der Waals surface area contributed by atoms with Crippen LogP contribution in [0.1, 0.15) is 37.7 Å². The van der Waals surface area contributed by atoms with E-state index in [2.05, 4.69) is 6.07 Å². The summed E-state index contributed by atoms with van der Waals surface area (Å²) in [6.45, 7) is 1.53. The van der Waals surface area contributed by atoms with Gasteiger partial charge in [0.15, 0.2) is 0 Å². The number of rotatable bonds is 2. The van der Waals surface area contributed by atoms with Gasteiger partial charge in [-0.25, -0.2) is 4.79 Å². The molecule has 4 heteroatoms. The van der Waals surface area contributed by atoms with Crippen LogP contribution in [0, 0.1) is 0 Å². The maximum Gasteiger partial charge on any atom is 0.324 e. The van der Waals surface area contributed by atoms with Crippen molar-refractivity contribution in [2.75, 3.05) is 25.0 Å². The highest BCUT2D eigenvalue weighted by atomic mass is 16.2. The molecule has 1 saturated heterocycles. The lowest BCUT2D eigenvalue weighted by atomic mass is 9.76. The van der Waals surface area contributed by atoms with E-state index in [4.69, 9.17) is 5.73 Å². The molecule has 20 heavy (non-hydrogen) atoms. The summed E-state index contributed by atoms with van der Waals surface area (Å²) < 4.78 is 0. The van der Waals surface area contributed by atoms with Gasteiger partial charge in [-0.1, -0.05) is 37.5 Å². The van der Waals surface area contributed by atoms with Gasteiger partial charge in [0.25, 0.3) is 0 Å². The van der Waals surface area contributed by atoms with E-state index in [1.54, 1.807) is 4.90 Å². The van der Waals surface area contributed by atoms with Crippen molar-refractivity contribution in [1.29, 1.82) is 0 Å². The summed E-state index contributed by atoms with van der Waals surface area (Å²) >= 11 is 0. The van der Waals surface area contributed by atoms with Crippen molar-refractivity contribution in [2.45, 2.75) is 37.6 Å². The molecule has 0 aromatic heterocycles. The van der Waals surface area contributed by atoms with Crippen molar-refractivity contribution in [3.63, 3.8) is 0 Å². The Kier molecular flexibility index (Phi) is 3.42. The molecule has 1 aliphatic heterocycles. The number of hydrogen-bond acceptors (Lipinski definition) is 2. The predicted molar refractivity (Wildman–Crippen MR) is 80.8 cm³/mol. The number of hydrogen-bond donors (Lipinski definition) is 1. The Morgan fingerprint density at radius 3 is 2.45 bits per heavy atom. The summed E-state index contributed by atoms with van der Waals surface area (Å²) in [7, 11) is 1.85. The van der Waals surface area contributed by atoms with Crippen LogP contribution >= 0.6 is 0 Å². The summed E-state index contributed by atoms with van der Waals surface area (Å²) in [6, 6.07) is 8.25. The van der Waals surface area contributed by atoms with Gasteiger partial charge in [0.2, 0.25) is 0 Å². The molecule has 4 nitrogen and oxygen atoms in total. The number of carbonyl (C=O) groups is 1. The number of nitrogens with zero attached hydrogens (tertiary/aromatic N) is 2. The second kappa shape index (κ2) is 5.09. The summed E-state index contributed by atoms with van der Waals surface area (Å²) in [5.41, 5.74) is 8.56. The predicted octanol–water partition coefficient (Wildman–Crippen LogP) is 2.68. The fraction of sp³-hybridized carbons (Fsp3) is 0.562. The molecule has 0 unspecified atom stereocenters. The van der Waals surface area contributed by atoms with Gasteiger partial charge in [0.05, 0.1) is 5.69 Å². The molecule has 1 heterocycles. The smallest absolute Gasteiger partial charge is 0.324 e. The Labute approximate surface area is 120 Å². The van der Waals surface area contributed by atoms with E-state index in [1.165, 1.54) is 19.3 Å². The summed E-state index contributed by atoms with van der Waals surface area (Å²) in [4.78, 5) is 15.9. The standard InChI is InChI=1S/C16H23N3O/c1-18-11-12-19(15(18)20)14-8-4-3-7-13(14)16(17)9-5-2-6-10-16/h3-4,7-8H,2,5-6,9-12,17H2,1H3. The SMILES string of the molecule is CN1CCN(c2ccccc2C2(N)CCCCC2)C1=O. The first kappa shape index (κ1) is 13.4.